The number of amides is 2. The SMILES string of the molecule is O=C(Cc1ccccc1)Nc1ccc(N2CCCC2)c(C(=O)NCCN2CCOCC2)c1. The van der Waals surface area contributed by atoms with Crippen molar-refractivity contribution in [1.82, 2.24) is 10.2 Å². The van der Waals surface area contributed by atoms with E-state index in [9.17, 15) is 9.59 Å². The number of nitrogens with one attached hydrogen (secondary N) is 2. The number of hydrogen-bond acceptors (Lipinski definition) is 5. The van der Waals surface area contributed by atoms with E-state index in [1.165, 1.54) is 0 Å². The Labute approximate surface area is 189 Å². The lowest BCUT2D eigenvalue weighted by atomic mass is 10.1. The van der Waals surface area contributed by atoms with Gasteiger partial charge >= 0.3 is 0 Å². The number of ether oxygens (including phenoxy) is 1. The maximum absolute atomic E-state index is 13.1. The zero-order valence-corrected chi connectivity index (χ0v) is 18.5. The molecule has 2 N–H and O–H groups in total. The van der Waals surface area contributed by atoms with Gasteiger partial charge in [0.15, 0.2) is 0 Å². The summed E-state index contributed by atoms with van der Waals surface area (Å²) in [6, 6.07) is 15.3. The van der Waals surface area contributed by atoms with Gasteiger partial charge in [0, 0.05) is 50.6 Å². The van der Waals surface area contributed by atoms with Gasteiger partial charge in [-0.2, -0.15) is 0 Å². The van der Waals surface area contributed by atoms with Crippen molar-refractivity contribution in [2.75, 3.05) is 62.7 Å². The van der Waals surface area contributed by atoms with E-state index in [0.717, 1.165) is 70.0 Å². The number of morpholine rings is 1. The largest absolute Gasteiger partial charge is 0.379 e. The Morgan fingerprint density at radius 1 is 0.938 bits per heavy atom. The zero-order valence-electron chi connectivity index (χ0n) is 18.5. The van der Waals surface area contributed by atoms with Gasteiger partial charge in [0.2, 0.25) is 5.91 Å². The average Bonchev–Trinajstić information content (AvgIpc) is 3.35. The average molecular weight is 437 g/mol. The van der Waals surface area contributed by atoms with Gasteiger partial charge in [-0.05, 0) is 36.6 Å². The van der Waals surface area contributed by atoms with Gasteiger partial charge in [-0.15, -0.1) is 0 Å². The van der Waals surface area contributed by atoms with Gasteiger partial charge in [0.25, 0.3) is 5.91 Å². The zero-order chi connectivity index (χ0) is 22.2. The van der Waals surface area contributed by atoms with Crippen LogP contribution in [0.3, 0.4) is 0 Å². The molecule has 7 nitrogen and oxygen atoms in total. The van der Waals surface area contributed by atoms with Crippen LogP contribution in [0.1, 0.15) is 28.8 Å². The highest BCUT2D eigenvalue weighted by atomic mass is 16.5. The molecule has 2 saturated heterocycles. The lowest BCUT2D eigenvalue weighted by Crippen LogP contribution is -2.41. The molecule has 0 saturated carbocycles. The van der Waals surface area contributed by atoms with Crippen molar-refractivity contribution in [2.24, 2.45) is 0 Å². The third kappa shape index (κ3) is 6.08. The monoisotopic (exact) mass is 436 g/mol. The minimum atomic E-state index is -0.0979. The van der Waals surface area contributed by atoms with E-state index in [1.54, 1.807) is 6.07 Å². The normalized spacial score (nSPS) is 16.7. The number of carbonyl (C=O) groups excluding carboxylic acids is 2. The molecule has 32 heavy (non-hydrogen) atoms. The van der Waals surface area contributed by atoms with Gasteiger partial charge in [-0.25, -0.2) is 0 Å². The number of nitrogens with zero attached hydrogens (tertiary/aromatic N) is 2. The van der Waals surface area contributed by atoms with Crippen molar-refractivity contribution in [3.63, 3.8) is 0 Å². The molecule has 7 heteroatoms. The van der Waals surface area contributed by atoms with Crippen LogP contribution in [0.15, 0.2) is 48.5 Å². The van der Waals surface area contributed by atoms with Crippen LogP contribution in [0, 0.1) is 0 Å². The second-order valence-corrected chi connectivity index (χ2v) is 8.35. The molecule has 2 aliphatic rings. The van der Waals surface area contributed by atoms with Crippen LogP contribution in [0.4, 0.5) is 11.4 Å². The maximum atomic E-state index is 13.1. The predicted octanol–water partition coefficient (Wildman–Crippen LogP) is 2.53. The Morgan fingerprint density at radius 2 is 1.69 bits per heavy atom. The van der Waals surface area contributed by atoms with E-state index in [2.05, 4.69) is 20.4 Å². The number of hydrogen-bond donors (Lipinski definition) is 2. The highest BCUT2D eigenvalue weighted by Gasteiger charge is 2.21. The molecule has 0 radical (unpaired) electrons. The third-order valence-corrected chi connectivity index (χ3v) is 6.00. The molecule has 0 aromatic heterocycles. The molecule has 2 aromatic carbocycles. The second kappa shape index (κ2) is 11.1. The van der Waals surface area contributed by atoms with Crippen LogP contribution >= 0.6 is 0 Å². The van der Waals surface area contributed by atoms with Crippen LogP contribution in [-0.2, 0) is 16.0 Å². The highest BCUT2D eigenvalue weighted by molar-refractivity contribution is 6.02. The summed E-state index contributed by atoms with van der Waals surface area (Å²) in [6.07, 6.45) is 2.57. The van der Waals surface area contributed by atoms with E-state index in [4.69, 9.17) is 4.74 Å². The highest BCUT2D eigenvalue weighted by Crippen LogP contribution is 2.27. The molecule has 2 aromatic rings. The first-order chi connectivity index (χ1) is 15.7. The lowest BCUT2D eigenvalue weighted by molar-refractivity contribution is -0.115. The van der Waals surface area contributed by atoms with Crippen LogP contribution in [0.25, 0.3) is 0 Å². The molecule has 2 fully saturated rings. The van der Waals surface area contributed by atoms with Crippen molar-refractivity contribution < 1.29 is 14.3 Å². The number of rotatable bonds is 8. The minimum absolute atomic E-state index is 0.0937. The molecule has 0 atom stereocenters. The quantitative estimate of drug-likeness (QED) is 0.665. The topological polar surface area (TPSA) is 73.9 Å². The first-order valence-electron chi connectivity index (χ1n) is 11.5. The summed E-state index contributed by atoms with van der Waals surface area (Å²) < 4.78 is 5.38. The summed E-state index contributed by atoms with van der Waals surface area (Å²) >= 11 is 0. The van der Waals surface area contributed by atoms with E-state index in [-0.39, 0.29) is 11.8 Å². The van der Waals surface area contributed by atoms with Crippen molar-refractivity contribution >= 4 is 23.2 Å². The molecule has 4 rings (SSSR count). The van der Waals surface area contributed by atoms with Gasteiger partial charge in [0.1, 0.15) is 0 Å². The Balaban J connectivity index is 1.42. The molecule has 0 bridgehead atoms. The fourth-order valence-corrected chi connectivity index (χ4v) is 4.26. The number of anilines is 2. The van der Waals surface area contributed by atoms with E-state index >= 15 is 0 Å². The van der Waals surface area contributed by atoms with Gasteiger partial charge < -0.3 is 20.3 Å². The van der Waals surface area contributed by atoms with Crippen LogP contribution in [0.5, 0.6) is 0 Å². The van der Waals surface area contributed by atoms with Gasteiger partial charge in [-0.1, -0.05) is 30.3 Å². The first-order valence-corrected chi connectivity index (χ1v) is 11.5. The Kier molecular flexibility index (Phi) is 7.74. The molecule has 170 valence electrons. The summed E-state index contributed by atoms with van der Waals surface area (Å²) in [5, 5.41) is 6.02. The van der Waals surface area contributed by atoms with Gasteiger partial charge in [0.05, 0.1) is 25.2 Å². The van der Waals surface area contributed by atoms with Crippen LogP contribution in [0.2, 0.25) is 0 Å². The van der Waals surface area contributed by atoms with Crippen molar-refractivity contribution in [3.8, 4) is 0 Å². The minimum Gasteiger partial charge on any atom is -0.379 e. The molecular formula is C25H32N4O3. The predicted molar refractivity (Wildman–Crippen MR) is 126 cm³/mol. The Hall–Kier alpha value is -2.90. The molecule has 0 aliphatic carbocycles. The Morgan fingerprint density at radius 3 is 2.44 bits per heavy atom. The summed E-state index contributed by atoms with van der Waals surface area (Å²) in [4.78, 5) is 30.2. The van der Waals surface area contributed by atoms with Crippen molar-refractivity contribution in [1.29, 1.82) is 0 Å². The summed E-state index contributed by atoms with van der Waals surface area (Å²) in [7, 11) is 0. The van der Waals surface area contributed by atoms with Crippen molar-refractivity contribution in [2.45, 2.75) is 19.3 Å². The van der Waals surface area contributed by atoms with Crippen LogP contribution in [-0.4, -0.2) is 69.2 Å². The summed E-state index contributed by atoms with van der Waals surface area (Å²) in [5.41, 5.74) is 3.16. The fourth-order valence-electron chi connectivity index (χ4n) is 4.26. The number of carbonyl (C=O) groups is 2. The first kappa shape index (κ1) is 22.3. The van der Waals surface area contributed by atoms with Crippen LogP contribution < -0.4 is 15.5 Å². The fraction of sp³-hybridized carbons (Fsp3) is 0.440. The molecule has 0 unspecified atom stereocenters. The Bertz CT molecular complexity index is 907. The van der Waals surface area contributed by atoms with Gasteiger partial charge in [-0.3, -0.25) is 14.5 Å². The van der Waals surface area contributed by atoms with E-state index < -0.39 is 0 Å². The third-order valence-electron chi connectivity index (χ3n) is 6.00. The van der Waals surface area contributed by atoms with Crippen molar-refractivity contribution in [3.05, 3.63) is 59.7 Å². The summed E-state index contributed by atoms with van der Waals surface area (Å²) in [6.45, 7) is 6.59. The number of benzene rings is 2. The smallest absolute Gasteiger partial charge is 0.253 e. The molecule has 0 spiro atoms. The molecular weight excluding hydrogens is 404 g/mol. The summed E-state index contributed by atoms with van der Waals surface area (Å²) in [5.74, 6) is -0.192. The molecule has 2 heterocycles. The maximum Gasteiger partial charge on any atom is 0.253 e. The molecule has 2 amide bonds. The molecule has 2 aliphatic heterocycles. The standard InChI is InChI=1S/C25H32N4O3/c30-24(18-20-6-2-1-3-7-20)27-21-8-9-23(29-11-4-5-12-29)22(19-21)25(31)26-10-13-28-14-16-32-17-15-28/h1-3,6-9,19H,4-5,10-18H2,(H,26,31)(H,27,30). The second-order valence-electron chi connectivity index (χ2n) is 8.35. The van der Waals surface area contributed by atoms with E-state index in [1.807, 2.05) is 42.5 Å². The van der Waals surface area contributed by atoms with E-state index in [0.29, 0.717) is 24.2 Å². The lowest BCUT2D eigenvalue weighted by Gasteiger charge is -2.26.